The van der Waals surface area contributed by atoms with Crippen molar-refractivity contribution >= 4 is 17.5 Å². The van der Waals surface area contributed by atoms with E-state index in [1.165, 1.54) is 11.3 Å². The third kappa shape index (κ3) is 3.47. The number of carbonyl (C=O) groups is 1. The van der Waals surface area contributed by atoms with Crippen LogP contribution >= 0.6 is 11.6 Å². The van der Waals surface area contributed by atoms with Gasteiger partial charge in [0, 0.05) is 61.6 Å². The van der Waals surface area contributed by atoms with Crippen LogP contribution in [0.5, 0.6) is 0 Å². The zero-order valence-corrected chi connectivity index (χ0v) is 15.2. The second kappa shape index (κ2) is 6.95. The number of hydrogen-bond donors (Lipinski definition) is 0. The van der Waals surface area contributed by atoms with Gasteiger partial charge in [-0.2, -0.15) is 5.10 Å². The fourth-order valence-corrected chi connectivity index (χ4v) is 3.28. The molecule has 0 atom stereocenters. The van der Waals surface area contributed by atoms with Crippen LogP contribution in [0, 0.1) is 13.8 Å². The molecule has 1 aliphatic rings. The van der Waals surface area contributed by atoms with Crippen molar-refractivity contribution in [1.82, 2.24) is 19.6 Å². The Hall–Kier alpha value is -1.85. The molecule has 0 radical (unpaired) electrons. The van der Waals surface area contributed by atoms with Gasteiger partial charge in [-0.25, -0.2) is 0 Å². The second-order valence-corrected chi connectivity index (χ2v) is 6.78. The topological polar surface area (TPSA) is 41.4 Å². The van der Waals surface area contributed by atoms with E-state index in [0.29, 0.717) is 10.6 Å². The molecule has 0 unspecified atom stereocenters. The molecule has 0 N–H and O–H groups in total. The lowest BCUT2D eigenvalue weighted by Gasteiger charge is -2.34. The summed E-state index contributed by atoms with van der Waals surface area (Å²) in [6, 6.07) is 7.11. The number of halogens is 1. The SMILES string of the molecule is Cc1nn(C)c(C)c1CN1CCN(C(=O)c2ccc(Cl)cc2)CC1. The molecule has 2 aromatic rings. The highest BCUT2D eigenvalue weighted by atomic mass is 35.5. The molecule has 128 valence electrons. The number of carbonyl (C=O) groups excluding carboxylic acids is 1. The monoisotopic (exact) mass is 346 g/mol. The van der Waals surface area contributed by atoms with Crippen molar-refractivity contribution in [3.05, 3.63) is 51.8 Å². The number of aryl methyl sites for hydroxylation is 2. The largest absolute Gasteiger partial charge is 0.336 e. The van der Waals surface area contributed by atoms with E-state index < -0.39 is 0 Å². The molecule has 5 nitrogen and oxygen atoms in total. The minimum absolute atomic E-state index is 0.0834. The van der Waals surface area contributed by atoms with Crippen LogP contribution in [0.25, 0.3) is 0 Å². The molecule has 6 heteroatoms. The van der Waals surface area contributed by atoms with Crippen molar-refractivity contribution in [2.45, 2.75) is 20.4 Å². The molecule has 1 saturated heterocycles. The summed E-state index contributed by atoms with van der Waals surface area (Å²) in [4.78, 5) is 16.8. The lowest BCUT2D eigenvalue weighted by Crippen LogP contribution is -2.48. The molecule has 1 aromatic heterocycles. The summed E-state index contributed by atoms with van der Waals surface area (Å²) in [5, 5.41) is 5.13. The summed E-state index contributed by atoms with van der Waals surface area (Å²) < 4.78 is 1.94. The first kappa shape index (κ1) is 17.0. The highest BCUT2D eigenvalue weighted by Gasteiger charge is 2.23. The number of aromatic nitrogens is 2. The number of hydrogen-bond acceptors (Lipinski definition) is 3. The lowest BCUT2D eigenvalue weighted by atomic mass is 10.1. The Kier molecular flexibility index (Phi) is 4.92. The van der Waals surface area contributed by atoms with E-state index >= 15 is 0 Å². The van der Waals surface area contributed by atoms with Crippen LogP contribution < -0.4 is 0 Å². The summed E-state index contributed by atoms with van der Waals surface area (Å²) in [6.07, 6.45) is 0. The van der Waals surface area contributed by atoms with E-state index in [1.54, 1.807) is 24.3 Å². The van der Waals surface area contributed by atoms with Crippen LogP contribution in [0.1, 0.15) is 27.3 Å². The van der Waals surface area contributed by atoms with E-state index in [9.17, 15) is 4.79 Å². The Bertz CT molecular complexity index is 730. The van der Waals surface area contributed by atoms with Gasteiger partial charge in [0.25, 0.3) is 5.91 Å². The molecule has 1 aromatic carbocycles. The van der Waals surface area contributed by atoms with Crippen molar-refractivity contribution in [2.24, 2.45) is 7.05 Å². The fourth-order valence-electron chi connectivity index (χ4n) is 3.15. The molecular weight excluding hydrogens is 324 g/mol. The van der Waals surface area contributed by atoms with Gasteiger partial charge in [0.2, 0.25) is 0 Å². The van der Waals surface area contributed by atoms with Gasteiger partial charge >= 0.3 is 0 Å². The standard InChI is InChI=1S/C18H23ClN4O/c1-13-17(14(2)21(3)20-13)12-22-8-10-23(11-9-22)18(24)15-4-6-16(19)7-5-15/h4-7H,8-12H2,1-3H3. The molecule has 0 aliphatic carbocycles. The third-order valence-corrected chi connectivity index (χ3v) is 5.04. The molecule has 24 heavy (non-hydrogen) atoms. The summed E-state index contributed by atoms with van der Waals surface area (Å²) in [5.41, 5.74) is 4.31. The number of nitrogens with zero attached hydrogens (tertiary/aromatic N) is 4. The van der Waals surface area contributed by atoms with Gasteiger partial charge in [0.05, 0.1) is 5.69 Å². The van der Waals surface area contributed by atoms with Gasteiger partial charge in [-0.15, -0.1) is 0 Å². The van der Waals surface area contributed by atoms with Gasteiger partial charge in [-0.05, 0) is 38.1 Å². The summed E-state index contributed by atoms with van der Waals surface area (Å²) >= 11 is 5.89. The first-order valence-corrected chi connectivity index (χ1v) is 8.60. The zero-order valence-electron chi connectivity index (χ0n) is 14.4. The number of benzene rings is 1. The molecule has 0 spiro atoms. The Morgan fingerprint density at radius 3 is 2.29 bits per heavy atom. The fraction of sp³-hybridized carbons (Fsp3) is 0.444. The first-order chi connectivity index (χ1) is 11.5. The molecule has 0 bridgehead atoms. The second-order valence-electron chi connectivity index (χ2n) is 6.35. The van der Waals surface area contributed by atoms with Crippen LogP contribution in [0.2, 0.25) is 5.02 Å². The van der Waals surface area contributed by atoms with E-state index in [2.05, 4.69) is 23.8 Å². The average molecular weight is 347 g/mol. The van der Waals surface area contributed by atoms with Crippen LogP contribution in [0.3, 0.4) is 0 Å². The van der Waals surface area contributed by atoms with E-state index in [1.807, 2.05) is 16.6 Å². The van der Waals surface area contributed by atoms with Gasteiger partial charge in [0.1, 0.15) is 0 Å². The Labute approximate surface area is 147 Å². The third-order valence-electron chi connectivity index (χ3n) is 4.79. The summed E-state index contributed by atoms with van der Waals surface area (Å²) in [7, 11) is 1.98. The molecule has 3 rings (SSSR count). The molecule has 1 amide bonds. The van der Waals surface area contributed by atoms with E-state index in [-0.39, 0.29) is 5.91 Å². The quantitative estimate of drug-likeness (QED) is 0.858. The normalized spacial score (nSPS) is 15.8. The summed E-state index contributed by atoms with van der Waals surface area (Å²) in [5.74, 6) is 0.0834. The maximum absolute atomic E-state index is 12.5. The first-order valence-electron chi connectivity index (χ1n) is 8.22. The highest BCUT2D eigenvalue weighted by molar-refractivity contribution is 6.30. The summed E-state index contributed by atoms with van der Waals surface area (Å²) in [6.45, 7) is 8.33. The van der Waals surface area contributed by atoms with Crippen molar-refractivity contribution in [3.8, 4) is 0 Å². The van der Waals surface area contributed by atoms with Crippen molar-refractivity contribution in [1.29, 1.82) is 0 Å². The minimum atomic E-state index is 0.0834. The molecule has 2 heterocycles. The van der Waals surface area contributed by atoms with Crippen molar-refractivity contribution < 1.29 is 4.79 Å². The number of amides is 1. The van der Waals surface area contributed by atoms with Crippen LogP contribution in [-0.4, -0.2) is 51.7 Å². The van der Waals surface area contributed by atoms with Crippen molar-refractivity contribution in [2.75, 3.05) is 26.2 Å². The predicted molar refractivity (Wildman–Crippen MR) is 95.3 cm³/mol. The van der Waals surface area contributed by atoms with Crippen molar-refractivity contribution in [3.63, 3.8) is 0 Å². The predicted octanol–water partition coefficient (Wildman–Crippen LogP) is 2.65. The maximum atomic E-state index is 12.5. The van der Waals surface area contributed by atoms with E-state index in [4.69, 9.17) is 11.6 Å². The van der Waals surface area contributed by atoms with Crippen LogP contribution in [0.15, 0.2) is 24.3 Å². The lowest BCUT2D eigenvalue weighted by molar-refractivity contribution is 0.0628. The Morgan fingerprint density at radius 1 is 1.12 bits per heavy atom. The minimum Gasteiger partial charge on any atom is -0.336 e. The zero-order chi connectivity index (χ0) is 17.3. The smallest absolute Gasteiger partial charge is 0.253 e. The Morgan fingerprint density at radius 2 is 1.75 bits per heavy atom. The number of piperazine rings is 1. The van der Waals surface area contributed by atoms with Crippen LogP contribution in [-0.2, 0) is 13.6 Å². The number of rotatable bonds is 3. The molecule has 1 aliphatic heterocycles. The Balaban J connectivity index is 1.59. The van der Waals surface area contributed by atoms with Gasteiger partial charge < -0.3 is 4.90 Å². The van der Waals surface area contributed by atoms with Crippen LogP contribution in [0.4, 0.5) is 0 Å². The average Bonchev–Trinajstić information content (AvgIpc) is 2.82. The highest BCUT2D eigenvalue weighted by Crippen LogP contribution is 2.17. The molecule has 0 saturated carbocycles. The van der Waals surface area contributed by atoms with Gasteiger partial charge in [-0.1, -0.05) is 11.6 Å². The van der Waals surface area contributed by atoms with Gasteiger partial charge in [0.15, 0.2) is 0 Å². The molecule has 1 fully saturated rings. The van der Waals surface area contributed by atoms with Gasteiger partial charge in [-0.3, -0.25) is 14.4 Å². The molecular formula is C18H23ClN4O. The maximum Gasteiger partial charge on any atom is 0.253 e. The van der Waals surface area contributed by atoms with E-state index in [0.717, 1.165) is 38.4 Å².